The number of Topliss-reactive ketones (excluding diaryl/α,β-unsaturated/α-hetero) is 1. The van der Waals surface area contributed by atoms with Crippen LogP contribution in [0.15, 0.2) is 12.2 Å². The molecule has 0 aromatic carbocycles. The Balaban J connectivity index is 1.79. The lowest BCUT2D eigenvalue weighted by molar-refractivity contribution is -0.155. The lowest BCUT2D eigenvalue weighted by atomic mass is 9.74. The highest BCUT2D eigenvalue weighted by Crippen LogP contribution is 2.79. The summed E-state index contributed by atoms with van der Waals surface area (Å²) in [5.74, 6) is 0.281. The van der Waals surface area contributed by atoms with Crippen molar-refractivity contribution in [1.29, 1.82) is 0 Å². The normalized spacial score (nSPS) is 55.7. The molecule has 1 saturated heterocycles. The minimum absolute atomic E-state index is 0.0233. The Labute approximate surface area is 108 Å². The van der Waals surface area contributed by atoms with Crippen LogP contribution >= 0.6 is 0 Å². The number of rotatable bonds is 0. The summed E-state index contributed by atoms with van der Waals surface area (Å²) < 4.78 is 12.1. The molecule has 0 aromatic rings. The van der Waals surface area contributed by atoms with E-state index in [1.54, 1.807) is 0 Å². The zero-order valence-electron chi connectivity index (χ0n) is 11.2. The lowest BCUT2D eigenvalue weighted by Crippen LogP contribution is -2.40. The monoisotopic (exact) mass is 248 g/mol. The summed E-state index contributed by atoms with van der Waals surface area (Å²) in [5.41, 5.74) is -0.166. The Morgan fingerprint density at radius 2 is 2.00 bits per heavy atom. The fraction of sp³-hybridized carbons (Fsp3) is 0.800. The van der Waals surface area contributed by atoms with E-state index in [9.17, 15) is 4.79 Å². The maximum absolute atomic E-state index is 12.3. The molecule has 3 nitrogen and oxygen atoms in total. The number of allylic oxidation sites excluding steroid dienone is 1. The van der Waals surface area contributed by atoms with Crippen LogP contribution < -0.4 is 0 Å². The predicted molar refractivity (Wildman–Crippen MR) is 65.9 cm³/mol. The topological polar surface area (TPSA) is 35.5 Å². The lowest BCUT2D eigenvalue weighted by Gasteiger charge is -2.33. The van der Waals surface area contributed by atoms with Crippen LogP contribution in [0.2, 0.25) is 0 Å². The van der Waals surface area contributed by atoms with Gasteiger partial charge in [0.2, 0.25) is 0 Å². The van der Waals surface area contributed by atoms with Gasteiger partial charge in [0.15, 0.2) is 5.79 Å². The largest absolute Gasteiger partial charge is 0.344 e. The van der Waals surface area contributed by atoms with Crippen molar-refractivity contribution in [3.05, 3.63) is 12.2 Å². The van der Waals surface area contributed by atoms with E-state index in [-0.39, 0.29) is 23.0 Å². The maximum Gasteiger partial charge on any atom is 0.164 e. The van der Waals surface area contributed by atoms with Crippen LogP contribution in [0.1, 0.15) is 40.0 Å². The predicted octanol–water partition coefficient (Wildman–Crippen LogP) is 2.45. The average Bonchev–Trinajstić information content (AvgIpc) is 2.70. The van der Waals surface area contributed by atoms with Crippen molar-refractivity contribution in [3.63, 3.8) is 0 Å². The summed E-state index contributed by atoms with van der Waals surface area (Å²) in [6.07, 6.45) is 7.28. The first-order valence-corrected chi connectivity index (χ1v) is 6.99. The molecule has 1 heterocycles. The Bertz CT molecular complexity index is 466. The van der Waals surface area contributed by atoms with E-state index in [0.717, 1.165) is 19.3 Å². The van der Waals surface area contributed by atoms with E-state index >= 15 is 0 Å². The molecule has 98 valence electrons. The summed E-state index contributed by atoms with van der Waals surface area (Å²) >= 11 is 0. The van der Waals surface area contributed by atoms with E-state index < -0.39 is 5.79 Å². The van der Waals surface area contributed by atoms with Crippen LogP contribution in [0, 0.1) is 16.7 Å². The third-order valence-electron chi connectivity index (χ3n) is 5.76. The minimum atomic E-state index is -0.521. The molecule has 0 aromatic heterocycles. The molecular weight excluding hydrogens is 228 g/mol. The zero-order valence-corrected chi connectivity index (χ0v) is 11.2. The van der Waals surface area contributed by atoms with Gasteiger partial charge in [-0.15, -0.1) is 0 Å². The molecule has 3 aliphatic carbocycles. The number of ether oxygens (including phenoxy) is 2. The van der Waals surface area contributed by atoms with Crippen molar-refractivity contribution in [2.45, 2.75) is 58.0 Å². The summed E-state index contributed by atoms with van der Waals surface area (Å²) in [6.45, 7) is 6.07. The first-order valence-electron chi connectivity index (χ1n) is 6.99. The average molecular weight is 248 g/mol. The Hall–Kier alpha value is -0.670. The zero-order chi connectivity index (χ0) is 12.8. The molecule has 0 unspecified atom stereocenters. The van der Waals surface area contributed by atoms with Gasteiger partial charge in [0.1, 0.15) is 11.9 Å². The highest BCUT2D eigenvalue weighted by Gasteiger charge is 2.82. The van der Waals surface area contributed by atoms with Crippen molar-refractivity contribution >= 4 is 5.78 Å². The second-order valence-corrected chi connectivity index (χ2v) is 6.90. The second kappa shape index (κ2) is 2.91. The third kappa shape index (κ3) is 0.992. The van der Waals surface area contributed by atoms with Gasteiger partial charge < -0.3 is 9.47 Å². The quantitative estimate of drug-likeness (QED) is 0.618. The molecule has 3 fully saturated rings. The van der Waals surface area contributed by atoms with Gasteiger partial charge in [0, 0.05) is 17.3 Å². The number of carbonyl (C=O) groups is 1. The van der Waals surface area contributed by atoms with Gasteiger partial charge in [0.25, 0.3) is 0 Å². The molecule has 5 atom stereocenters. The summed E-state index contributed by atoms with van der Waals surface area (Å²) in [4.78, 5) is 12.3. The SMILES string of the molecule is CC1(C)O[C@H]2C=C[C@H]3[C@@]4(CCCC(=O)[C@]34C)[C@H]2O1. The van der Waals surface area contributed by atoms with Crippen LogP contribution in [0.25, 0.3) is 0 Å². The molecule has 0 bridgehead atoms. The molecule has 2 saturated carbocycles. The van der Waals surface area contributed by atoms with Gasteiger partial charge in [-0.2, -0.15) is 0 Å². The van der Waals surface area contributed by atoms with E-state index in [0.29, 0.717) is 11.7 Å². The van der Waals surface area contributed by atoms with Crippen molar-refractivity contribution in [1.82, 2.24) is 0 Å². The number of ketones is 1. The van der Waals surface area contributed by atoms with Crippen LogP contribution in [-0.2, 0) is 14.3 Å². The van der Waals surface area contributed by atoms with Gasteiger partial charge >= 0.3 is 0 Å². The van der Waals surface area contributed by atoms with Gasteiger partial charge in [0.05, 0.1) is 6.10 Å². The summed E-state index contributed by atoms with van der Waals surface area (Å²) in [6, 6.07) is 0. The van der Waals surface area contributed by atoms with Crippen LogP contribution in [0.3, 0.4) is 0 Å². The second-order valence-electron chi connectivity index (χ2n) is 6.90. The molecular formula is C15H20O3. The fourth-order valence-electron chi connectivity index (χ4n) is 4.94. The number of carbonyl (C=O) groups excluding carboxylic acids is 1. The number of hydrogen-bond donors (Lipinski definition) is 0. The van der Waals surface area contributed by atoms with E-state index in [4.69, 9.17) is 9.47 Å². The van der Waals surface area contributed by atoms with Crippen molar-refractivity contribution in [3.8, 4) is 0 Å². The highest BCUT2D eigenvalue weighted by molar-refractivity contribution is 5.91. The molecule has 3 heteroatoms. The Kier molecular flexibility index (Phi) is 1.81. The Morgan fingerprint density at radius 1 is 1.22 bits per heavy atom. The molecule has 0 radical (unpaired) electrons. The fourth-order valence-corrected chi connectivity index (χ4v) is 4.94. The molecule has 4 aliphatic rings. The highest BCUT2D eigenvalue weighted by atomic mass is 16.8. The molecule has 0 amide bonds. The smallest absolute Gasteiger partial charge is 0.164 e. The van der Waals surface area contributed by atoms with E-state index in [1.165, 1.54) is 0 Å². The standard InChI is InChI=1S/C15H20O3/c1-13(2)17-9-6-7-10-14(3)11(16)5-4-8-15(10,14)12(9)18-13/h6-7,9-10,12H,4-5,8H2,1-3H3/t9-,10+,12-,14-,15-/m0/s1. The van der Waals surface area contributed by atoms with Gasteiger partial charge in [-0.25, -0.2) is 0 Å². The third-order valence-corrected chi connectivity index (χ3v) is 5.76. The van der Waals surface area contributed by atoms with E-state index in [1.807, 2.05) is 13.8 Å². The first kappa shape index (κ1) is 11.2. The molecule has 18 heavy (non-hydrogen) atoms. The van der Waals surface area contributed by atoms with Gasteiger partial charge in [-0.1, -0.05) is 19.1 Å². The summed E-state index contributed by atoms with van der Waals surface area (Å²) in [5, 5.41) is 0. The van der Waals surface area contributed by atoms with Gasteiger partial charge in [-0.05, 0) is 32.6 Å². The summed E-state index contributed by atoms with van der Waals surface area (Å²) in [7, 11) is 0. The van der Waals surface area contributed by atoms with Crippen molar-refractivity contribution < 1.29 is 14.3 Å². The van der Waals surface area contributed by atoms with Crippen molar-refractivity contribution in [2.24, 2.45) is 16.7 Å². The van der Waals surface area contributed by atoms with Crippen LogP contribution in [0.5, 0.6) is 0 Å². The van der Waals surface area contributed by atoms with Crippen molar-refractivity contribution in [2.75, 3.05) is 0 Å². The molecule has 1 spiro atoms. The molecule has 4 rings (SSSR count). The Morgan fingerprint density at radius 3 is 2.78 bits per heavy atom. The maximum atomic E-state index is 12.3. The van der Waals surface area contributed by atoms with Crippen LogP contribution in [-0.4, -0.2) is 23.8 Å². The van der Waals surface area contributed by atoms with Crippen LogP contribution in [0.4, 0.5) is 0 Å². The number of hydrogen-bond acceptors (Lipinski definition) is 3. The number of fused-ring (bicyclic) bond motifs is 2. The minimum Gasteiger partial charge on any atom is -0.344 e. The molecule has 1 aliphatic heterocycles. The first-order chi connectivity index (χ1) is 8.42. The molecule has 0 N–H and O–H groups in total. The van der Waals surface area contributed by atoms with E-state index in [2.05, 4.69) is 19.1 Å². The van der Waals surface area contributed by atoms with Gasteiger partial charge in [-0.3, -0.25) is 4.79 Å².